The maximum absolute atomic E-state index is 12.8. The van der Waals surface area contributed by atoms with Gasteiger partial charge in [0, 0.05) is 24.7 Å². The summed E-state index contributed by atoms with van der Waals surface area (Å²) in [5, 5.41) is 27.2. The van der Waals surface area contributed by atoms with Crippen molar-refractivity contribution in [3.63, 3.8) is 0 Å². The van der Waals surface area contributed by atoms with Crippen LogP contribution >= 0.6 is 0 Å². The molecule has 2 atom stereocenters. The number of carbonyl (C=O) groups excluding carboxylic acids is 1. The molecule has 3 aromatic rings. The van der Waals surface area contributed by atoms with Gasteiger partial charge in [-0.05, 0) is 42.9 Å². The van der Waals surface area contributed by atoms with Gasteiger partial charge in [-0.3, -0.25) is 4.79 Å². The summed E-state index contributed by atoms with van der Waals surface area (Å²) in [6, 6.07) is 2.97. The number of carbonyl (C=O) groups is 2. The van der Waals surface area contributed by atoms with Gasteiger partial charge in [-0.25, -0.2) is 4.79 Å². The van der Waals surface area contributed by atoms with Crippen molar-refractivity contribution in [1.82, 2.24) is 35.2 Å². The highest BCUT2D eigenvalue weighted by Crippen LogP contribution is 2.45. The van der Waals surface area contributed by atoms with Crippen molar-refractivity contribution >= 4 is 12.0 Å². The molecule has 15 heteroatoms. The summed E-state index contributed by atoms with van der Waals surface area (Å²) in [7, 11) is 0. The van der Waals surface area contributed by atoms with Gasteiger partial charge >= 0.3 is 24.3 Å². The first-order chi connectivity index (χ1) is 17.2. The number of benzene rings is 1. The Hall–Kier alpha value is -4.17. The van der Waals surface area contributed by atoms with Gasteiger partial charge < -0.3 is 29.0 Å². The van der Waals surface area contributed by atoms with Crippen LogP contribution in [0.3, 0.4) is 0 Å². The Labute approximate surface area is 201 Å². The second-order valence-electron chi connectivity index (χ2n) is 8.64. The molecule has 12 nitrogen and oxygen atoms in total. The molecule has 2 aliphatic rings. The Morgan fingerprint density at radius 3 is 2.61 bits per heavy atom. The zero-order chi connectivity index (χ0) is 25.4. The fraction of sp³-hybridized carbons (Fsp3) is 0.429. The average molecular weight is 507 g/mol. The predicted molar refractivity (Wildman–Crippen MR) is 113 cm³/mol. The largest absolute Gasteiger partial charge is 0.573 e. The third kappa shape index (κ3) is 5.23. The number of nitrogens with one attached hydrogen (secondary N) is 1. The topological polar surface area (TPSA) is 148 Å². The molecule has 2 unspecified atom stereocenters. The van der Waals surface area contributed by atoms with Crippen molar-refractivity contribution in [3.8, 4) is 17.2 Å². The molecule has 0 radical (unpaired) electrons. The molecule has 2 fully saturated rings. The van der Waals surface area contributed by atoms with Crippen molar-refractivity contribution < 1.29 is 37.0 Å². The van der Waals surface area contributed by atoms with E-state index < -0.39 is 42.1 Å². The van der Waals surface area contributed by atoms with Crippen molar-refractivity contribution in [2.45, 2.75) is 50.2 Å². The SMILES string of the molecule is O=C(NC1CC(Cn2cnnc2)N(C(=O)O)C1)c1nnc(-c2cc(OC(F)(F)F)ccc2C2CC2)o1. The molecule has 0 bridgehead atoms. The van der Waals surface area contributed by atoms with E-state index in [4.69, 9.17) is 4.42 Å². The number of halogens is 3. The van der Waals surface area contributed by atoms with Crippen molar-refractivity contribution in [2.24, 2.45) is 0 Å². The number of ether oxygens (including phenoxy) is 1. The normalized spacial score (nSPS) is 19.9. The molecule has 1 aromatic carbocycles. The molecule has 36 heavy (non-hydrogen) atoms. The summed E-state index contributed by atoms with van der Waals surface area (Å²) in [6.45, 7) is 0.369. The second-order valence-corrected chi connectivity index (χ2v) is 8.64. The fourth-order valence-electron chi connectivity index (χ4n) is 4.33. The third-order valence-electron chi connectivity index (χ3n) is 6.01. The molecule has 2 amide bonds. The zero-order valence-corrected chi connectivity index (χ0v) is 18.6. The Morgan fingerprint density at radius 2 is 1.94 bits per heavy atom. The summed E-state index contributed by atoms with van der Waals surface area (Å²) in [5.41, 5.74) is 0.989. The maximum atomic E-state index is 12.8. The molecule has 0 spiro atoms. The summed E-state index contributed by atoms with van der Waals surface area (Å²) >= 11 is 0. The van der Waals surface area contributed by atoms with Crippen LogP contribution in [-0.2, 0) is 6.54 Å². The summed E-state index contributed by atoms with van der Waals surface area (Å²) < 4.78 is 49.2. The van der Waals surface area contributed by atoms with Gasteiger partial charge in [-0.2, -0.15) is 0 Å². The van der Waals surface area contributed by atoms with E-state index in [-0.39, 0.29) is 23.9 Å². The smallest absolute Gasteiger partial charge is 0.465 e. The van der Waals surface area contributed by atoms with E-state index in [1.165, 1.54) is 29.7 Å². The van der Waals surface area contributed by atoms with Crippen LogP contribution in [0.1, 0.15) is 41.4 Å². The van der Waals surface area contributed by atoms with Crippen LogP contribution in [0, 0.1) is 0 Å². The van der Waals surface area contributed by atoms with E-state index in [2.05, 4.69) is 30.4 Å². The first-order valence-corrected chi connectivity index (χ1v) is 11.0. The van der Waals surface area contributed by atoms with Crippen molar-refractivity contribution in [2.75, 3.05) is 6.54 Å². The first-order valence-electron chi connectivity index (χ1n) is 11.0. The first kappa shape index (κ1) is 23.6. The van der Waals surface area contributed by atoms with Crippen LogP contribution in [0.2, 0.25) is 0 Å². The van der Waals surface area contributed by atoms with Crippen LogP contribution in [0.15, 0.2) is 35.3 Å². The summed E-state index contributed by atoms with van der Waals surface area (Å²) in [5.74, 6) is -1.52. The Morgan fingerprint density at radius 1 is 1.19 bits per heavy atom. The fourth-order valence-corrected chi connectivity index (χ4v) is 4.33. The quantitative estimate of drug-likeness (QED) is 0.492. The molecule has 5 rings (SSSR count). The van der Waals surface area contributed by atoms with Gasteiger partial charge in [0.1, 0.15) is 18.4 Å². The van der Waals surface area contributed by atoms with E-state index in [1.807, 2.05) is 0 Å². The molecule has 1 saturated heterocycles. The molecule has 3 heterocycles. The lowest BCUT2D eigenvalue weighted by Crippen LogP contribution is -2.39. The van der Waals surface area contributed by atoms with Crippen LogP contribution in [-0.4, -0.2) is 72.0 Å². The number of carboxylic acid groups (broad SMARTS) is 1. The molecular formula is C21H20F3N7O5. The number of aromatic nitrogens is 5. The van der Waals surface area contributed by atoms with Crippen LogP contribution in [0.4, 0.5) is 18.0 Å². The molecule has 190 valence electrons. The van der Waals surface area contributed by atoms with E-state index in [9.17, 15) is 27.9 Å². The minimum atomic E-state index is -4.87. The monoisotopic (exact) mass is 507 g/mol. The Kier molecular flexibility index (Phi) is 5.97. The molecule has 1 aliphatic heterocycles. The van der Waals surface area contributed by atoms with Gasteiger partial charge in [-0.15, -0.1) is 33.6 Å². The molecule has 1 aliphatic carbocycles. The Bertz CT molecular complexity index is 1260. The van der Waals surface area contributed by atoms with Crippen LogP contribution in [0.25, 0.3) is 11.5 Å². The highest BCUT2D eigenvalue weighted by molar-refractivity contribution is 5.90. The average Bonchev–Trinajstić information content (AvgIpc) is 3.19. The molecule has 2 N–H and O–H groups in total. The van der Waals surface area contributed by atoms with Crippen molar-refractivity contribution in [3.05, 3.63) is 42.3 Å². The molecule has 2 aromatic heterocycles. The number of rotatable bonds is 7. The lowest BCUT2D eigenvalue weighted by Gasteiger charge is -2.20. The minimum Gasteiger partial charge on any atom is -0.465 e. The van der Waals surface area contributed by atoms with Crippen molar-refractivity contribution in [1.29, 1.82) is 0 Å². The number of amides is 2. The number of hydrogen-bond donors (Lipinski definition) is 2. The van der Waals surface area contributed by atoms with E-state index >= 15 is 0 Å². The maximum Gasteiger partial charge on any atom is 0.573 e. The molecule has 1 saturated carbocycles. The zero-order valence-electron chi connectivity index (χ0n) is 18.6. The highest BCUT2D eigenvalue weighted by atomic mass is 19.4. The predicted octanol–water partition coefficient (Wildman–Crippen LogP) is 2.66. The summed E-state index contributed by atoms with van der Waals surface area (Å²) in [4.78, 5) is 25.6. The lowest BCUT2D eigenvalue weighted by atomic mass is 10.0. The van der Waals surface area contributed by atoms with E-state index in [0.717, 1.165) is 24.5 Å². The van der Waals surface area contributed by atoms with Crippen LogP contribution < -0.4 is 10.1 Å². The van der Waals surface area contributed by atoms with Gasteiger partial charge in [0.05, 0.1) is 6.04 Å². The van der Waals surface area contributed by atoms with E-state index in [0.29, 0.717) is 13.0 Å². The second kappa shape index (κ2) is 9.13. The third-order valence-corrected chi connectivity index (χ3v) is 6.01. The Balaban J connectivity index is 1.30. The van der Waals surface area contributed by atoms with Gasteiger partial charge in [0.25, 0.3) is 0 Å². The van der Waals surface area contributed by atoms with E-state index in [1.54, 1.807) is 4.57 Å². The number of alkyl halides is 3. The molecular weight excluding hydrogens is 487 g/mol. The standard InChI is InChI=1S/C21H20F3N7O5/c22-21(23,24)36-14-3-4-15(11-1-2-11)16(6-14)18-28-29-19(35-18)17(32)27-12-5-13(31(7-12)20(33)34)8-30-9-25-26-10-30/h3-4,6,9-13H,1-2,5,7-8H2,(H,27,32)(H,33,34). The van der Waals surface area contributed by atoms with Gasteiger partial charge in [0.15, 0.2) is 0 Å². The highest BCUT2D eigenvalue weighted by Gasteiger charge is 2.37. The van der Waals surface area contributed by atoms with Gasteiger partial charge in [-0.1, -0.05) is 6.07 Å². The number of likely N-dealkylation sites (tertiary alicyclic amines) is 1. The number of nitrogens with zero attached hydrogens (tertiary/aromatic N) is 6. The van der Waals surface area contributed by atoms with Gasteiger partial charge in [0.2, 0.25) is 5.89 Å². The minimum absolute atomic E-state index is 0.0531. The summed E-state index contributed by atoms with van der Waals surface area (Å²) in [6.07, 6.45) is -0.987. The van der Waals surface area contributed by atoms with Crippen LogP contribution in [0.5, 0.6) is 5.75 Å². The number of hydrogen-bond acceptors (Lipinski definition) is 8. The lowest BCUT2D eigenvalue weighted by molar-refractivity contribution is -0.274.